The normalized spacial score (nSPS) is 11.5. The van der Waals surface area contributed by atoms with Crippen LogP contribution in [0.1, 0.15) is 28.7 Å². The maximum Gasteiger partial charge on any atom is 0.416 e. The number of rotatable bonds is 5. The fourth-order valence-corrected chi connectivity index (χ4v) is 2.41. The SMILES string of the molecule is Cc1cc(/C=N/NC(=O)CC(=O)Nc2cccc(C(F)(F)F)c2)cc(C)c1O. The Hall–Kier alpha value is -3.36. The molecule has 2 amide bonds. The van der Waals surface area contributed by atoms with Gasteiger partial charge in [-0.25, -0.2) is 5.43 Å². The topological polar surface area (TPSA) is 90.8 Å². The number of aryl methyl sites for hydroxylation is 2. The largest absolute Gasteiger partial charge is 0.507 e. The zero-order valence-corrected chi connectivity index (χ0v) is 15.1. The molecule has 0 aliphatic rings. The van der Waals surface area contributed by atoms with Crippen molar-refractivity contribution in [3.8, 4) is 5.75 Å². The molecule has 0 radical (unpaired) electrons. The van der Waals surface area contributed by atoms with Gasteiger partial charge in [0.05, 0.1) is 11.8 Å². The Morgan fingerprint density at radius 2 is 1.75 bits per heavy atom. The molecule has 0 unspecified atom stereocenters. The average Bonchev–Trinajstić information content (AvgIpc) is 2.59. The van der Waals surface area contributed by atoms with Crippen molar-refractivity contribution in [2.45, 2.75) is 26.4 Å². The molecule has 0 aliphatic heterocycles. The quantitative estimate of drug-likeness (QED) is 0.413. The molecule has 0 bridgehead atoms. The van der Waals surface area contributed by atoms with E-state index >= 15 is 0 Å². The molecule has 148 valence electrons. The van der Waals surface area contributed by atoms with Gasteiger partial charge in [0.2, 0.25) is 11.8 Å². The number of phenols is 1. The van der Waals surface area contributed by atoms with E-state index in [0.717, 1.165) is 18.2 Å². The molecule has 0 fully saturated rings. The number of nitrogens with one attached hydrogen (secondary N) is 2. The molecule has 28 heavy (non-hydrogen) atoms. The van der Waals surface area contributed by atoms with Crippen molar-refractivity contribution in [2.24, 2.45) is 5.10 Å². The number of hydrogen-bond acceptors (Lipinski definition) is 4. The summed E-state index contributed by atoms with van der Waals surface area (Å²) in [6.07, 6.45) is -3.79. The van der Waals surface area contributed by atoms with Crippen LogP contribution in [0.3, 0.4) is 0 Å². The first-order chi connectivity index (χ1) is 13.1. The number of anilines is 1. The van der Waals surface area contributed by atoms with Crippen LogP contribution in [0.4, 0.5) is 18.9 Å². The number of amides is 2. The van der Waals surface area contributed by atoms with E-state index in [2.05, 4.69) is 15.8 Å². The first kappa shape index (κ1) is 20.9. The van der Waals surface area contributed by atoms with Gasteiger partial charge in [-0.2, -0.15) is 18.3 Å². The molecule has 0 saturated carbocycles. The number of alkyl halides is 3. The summed E-state index contributed by atoms with van der Waals surface area (Å²) in [6, 6.07) is 7.44. The van der Waals surface area contributed by atoms with Crippen LogP contribution in [0.2, 0.25) is 0 Å². The lowest BCUT2D eigenvalue weighted by Gasteiger charge is -2.09. The third-order valence-corrected chi connectivity index (χ3v) is 3.71. The van der Waals surface area contributed by atoms with Gasteiger partial charge in [0, 0.05) is 5.69 Å². The minimum absolute atomic E-state index is 0.0637. The zero-order chi connectivity index (χ0) is 20.9. The number of carbonyl (C=O) groups is 2. The van der Waals surface area contributed by atoms with Crippen LogP contribution in [-0.2, 0) is 15.8 Å². The van der Waals surface area contributed by atoms with Crippen LogP contribution in [0.15, 0.2) is 41.5 Å². The van der Waals surface area contributed by atoms with Crippen molar-refractivity contribution in [3.05, 3.63) is 58.7 Å². The van der Waals surface area contributed by atoms with Gasteiger partial charge in [-0.05, 0) is 60.9 Å². The lowest BCUT2D eigenvalue weighted by molar-refractivity contribution is -0.137. The minimum atomic E-state index is -4.53. The molecule has 2 aromatic rings. The van der Waals surface area contributed by atoms with Crippen molar-refractivity contribution in [3.63, 3.8) is 0 Å². The van der Waals surface area contributed by atoms with Crippen molar-refractivity contribution >= 4 is 23.7 Å². The van der Waals surface area contributed by atoms with E-state index in [9.17, 15) is 27.9 Å². The fraction of sp³-hybridized carbons (Fsp3) is 0.211. The molecule has 0 aliphatic carbocycles. The minimum Gasteiger partial charge on any atom is -0.507 e. The van der Waals surface area contributed by atoms with Crippen molar-refractivity contribution < 1.29 is 27.9 Å². The zero-order valence-electron chi connectivity index (χ0n) is 15.1. The summed E-state index contributed by atoms with van der Waals surface area (Å²) in [5.74, 6) is -1.33. The van der Waals surface area contributed by atoms with Gasteiger partial charge in [0.1, 0.15) is 12.2 Å². The van der Waals surface area contributed by atoms with Gasteiger partial charge in [0.15, 0.2) is 0 Å². The van der Waals surface area contributed by atoms with E-state index in [4.69, 9.17) is 0 Å². The van der Waals surface area contributed by atoms with E-state index in [1.807, 2.05) is 0 Å². The third kappa shape index (κ3) is 5.83. The number of benzene rings is 2. The molecule has 0 atom stereocenters. The van der Waals surface area contributed by atoms with Crippen molar-refractivity contribution in [1.82, 2.24) is 5.43 Å². The van der Waals surface area contributed by atoms with Crippen molar-refractivity contribution in [1.29, 1.82) is 0 Å². The monoisotopic (exact) mass is 393 g/mol. The summed E-state index contributed by atoms with van der Waals surface area (Å²) < 4.78 is 38.0. The number of aromatic hydroxyl groups is 1. The van der Waals surface area contributed by atoms with Gasteiger partial charge in [-0.1, -0.05) is 6.07 Å². The molecule has 2 aromatic carbocycles. The Bertz CT molecular complexity index is 901. The van der Waals surface area contributed by atoms with Crippen LogP contribution in [0.25, 0.3) is 0 Å². The van der Waals surface area contributed by atoms with E-state index < -0.39 is 30.0 Å². The number of nitrogens with zero attached hydrogens (tertiary/aromatic N) is 1. The molecule has 9 heteroatoms. The Balaban J connectivity index is 1.90. The molecule has 0 heterocycles. The Morgan fingerprint density at radius 3 is 2.36 bits per heavy atom. The van der Waals surface area contributed by atoms with E-state index in [-0.39, 0.29) is 11.4 Å². The highest BCUT2D eigenvalue weighted by molar-refractivity contribution is 6.03. The second-order valence-corrected chi connectivity index (χ2v) is 6.10. The summed E-state index contributed by atoms with van der Waals surface area (Å²) in [5.41, 5.74) is 3.13. The van der Waals surface area contributed by atoms with Gasteiger partial charge in [0.25, 0.3) is 0 Å². The smallest absolute Gasteiger partial charge is 0.416 e. The third-order valence-electron chi connectivity index (χ3n) is 3.71. The second kappa shape index (κ2) is 8.55. The van der Waals surface area contributed by atoms with E-state index in [1.54, 1.807) is 26.0 Å². The molecule has 6 nitrogen and oxygen atoms in total. The van der Waals surface area contributed by atoms with Crippen LogP contribution in [0, 0.1) is 13.8 Å². The van der Waals surface area contributed by atoms with Gasteiger partial charge >= 0.3 is 6.18 Å². The Kier molecular flexibility index (Phi) is 6.40. The number of carbonyl (C=O) groups excluding carboxylic acids is 2. The standard InChI is InChI=1S/C19H18F3N3O3/c1-11-6-13(7-12(2)18(11)28)10-23-25-17(27)9-16(26)24-15-5-3-4-14(8-15)19(20,21)22/h3-8,10,28H,9H2,1-2H3,(H,24,26)(H,25,27)/b23-10+. The predicted molar refractivity (Wildman–Crippen MR) is 98.0 cm³/mol. The van der Waals surface area contributed by atoms with Crippen LogP contribution in [-0.4, -0.2) is 23.1 Å². The lowest BCUT2D eigenvalue weighted by Crippen LogP contribution is -2.24. The fourth-order valence-electron chi connectivity index (χ4n) is 2.41. The highest BCUT2D eigenvalue weighted by atomic mass is 19.4. The molecule has 0 spiro atoms. The number of hydrazone groups is 1. The maximum absolute atomic E-state index is 12.7. The van der Waals surface area contributed by atoms with E-state index in [1.165, 1.54) is 12.3 Å². The molecule has 2 rings (SSSR count). The van der Waals surface area contributed by atoms with Gasteiger partial charge < -0.3 is 10.4 Å². The predicted octanol–water partition coefficient (Wildman–Crippen LogP) is 3.51. The van der Waals surface area contributed by atoms with Crippen LogP contribution < -0.4 is 10.7 Å². The summed E-state index contributed by atoms with van der Waals surface area (Å²) in [7, 11) is 0. The first-order valence-electron chi connectivity index (χ1n) is 8.15. The van der Waals surface area contributed by atoms with Crippen LogP contribution in [0.5, 0.6) is 5.75 Å². The molecule has 0 aromatic heterocycles. The molecular weight excluding hydrogens is 375 g/mol. The maximum atomic E-state index is 12.7. The number of hydrogen-bond donors (Lipinski definition) is 3. The lowest BCUT2D eigenvalue weighted by atomic mass is 10.1. The average molecular weight is 393 g/mol. The molecule has 3 N–H and O–H groups in total. The van der Waals surface area contributed by atoms with Crippen LogP contribution >= 0.6 is 0 Å². The van der Waals surface area contributed by atoms with Crippen molar-refractivity contribution in [2.75, 3.05) is 5.32 Å². The van der Waals surface area contributed by atoms with Gasteiger partial charge in [-0.3, -0.25) is 9.59 Å². The second-order valence-electron chi connectivity index (χ2n) is 6.10. The summed E-state index contributed by atoms with van der Waals surface area (Å²) in [6.45, 7) is 3.44. The molecule has 0 saturated heterocycles. The Labute approximate surface area is 159 Å². The highest BCUT2D eigenvalue weighted by Crippen LogP contribution is 2.30. The first-order valence-corrected chi connectivity index (χ1v) is 8.15. The summed E-state index contributed by atoms with van der Waals surface area (Å²) in [5, 5.41) is 15.7. The number of phenolic OH excluding ortho intramolecular Hbond substituents is 1. The summed E-state index contributed by atoms with van der Waals surface area (Å²) in [4.78, 5) is 23.6. The Morgan fingerprint density at radius 1 is 1.11 bits per heavy atom. The summed E-state index contributed by atoms with van der Waals surface area (Å²) >= 11 is 0. The van der Waals surface area contributed by atoms with Gasteiger partial charge in [-0.15, -0.1) is 0 Å². The highest BCUT2D eigenvalue weighted by Gasteiger charge is 2.30. The number of halogens is 3. The van der Waals surface area contributed by atoms with E-state index in [0.29, 0.717) is 16.7 Å². The molecular formula is C19H18F3N3O3.